The third-order valence-electron chi connectivity index (χ3n) is 11.7. The standard InChI is InChI=1S/C26H20NO.C24BF20/c1-2-8-20(9-3-1)19-27-17-16-22-11-6-7-13-25(22)26(27)28-24-15-14-21-10-4-5-12-23(21)18-24;26-5-1(6(27)14(35)21(42)13(5)34)25(2-7(28)15(36)22(43)16(37)8(2)29,3-9(30)17(38)23(44)18(39)10(3)31)4-11(32)19(40)24(45)20(41)12(4)33/h1-18H,19H2;/q+1;-1. The van der Waals surface area contributed by atoms with Crippen LogP contribution in [0.1, 0.15) is 5.56 Å². The van der Waals surface area contributed by atoms with Gasteiger partial charge in [-0.25, -0.2) is 87.8 Å². The summed E-state index contributed by atoms with van der Waals surface area (Å²) in [5.74, 6) is -69.7. The minimum absolute atomic E-state index is 0.759. The molecule has 9 rings (SSSR count). The second-order valence-corrected chi connectivity index (χ2v) is 15.7. The van der Waals surface area contributed by atoms with Crippen molar-refractivity contribution in [2.75, 3.05) is 0 Å². The quantitative estimate of drug-likeness (QED) is 0.0486. The topological polar surface area (TPSA) is 13.1 Å². The van der Waals surface area contributed by atoms with Crippen molar-refractivity contribution < 1.29 is 97.1 Å². The summed E-state index contributed by atoms with van der Waals surface area (Å²) in [5.41, 5.74) is -13.1. The molecular formula is C50H20BF20NO. The van der Waals surface area contributed by atoms with Gasteiger partial charge in [0, 0.05) is 11.6 Å². The van der Waals surface area contributed by atoms with E-state index in [0.717, 1.165) is 23.6 Å². The van der Waals surface area contributed by atoms with Gasteiger partial charge in [0.15, 0.2) is 82.5 Å². The van der Waals surface area contributed by atoms with Crippen molar-refractivity contribution in [3.05, 3.63) is 231 Å². The average molecular weight is 1040 g/mol. The van der Waals surface area contributed by atoms with Crippen molar-refractivity contribution in [1.82, 2.24) is 0 Å². The van der Waals surface area contributed by atoms with Crippen molar-refractivity contribution in [3.63, 3.8) is 0 Å². The largest absolute Gasteiger partial charge is 0.405 e. The Morgan fingerprint density at radius 2 is 0.644 bits per heavy atom. The number of pyridine rings is 1. The van der Waals surface area contributed by atoms with Gasteiger partial charge in [0.05, 0.1) is 5.39 Å². The molecule has 9 aromatic rings. The molecule has 0 bridgehead atoms. The van der Waals surface area contributed by atoms with E-state index in [1.165, 1.54) is 21.7 Å². The molecule has 0 amide bonds. The van der Waals surface area contributed by atoms with Crippen LogP contribution < -0.4 is 31.2 Å². The van der Waals surface area contributed by atoms with Crippen molar-refractivity contribution in [2.45, 2.75) is 6.54 Å². The van der Waals surface area contributed by atoms with Crippen LogP contribution in [0.25, 0.3) is 21.5 Å². The zero-order chi connectivity index (χ0) is 53.1. The predicted octanol–water partition coefficient (Wildman–Crippen LogP) is 12.0. The van der Waals surface area contributed by atoms with Gasteiger partial charge < -0.3 is 4.74 Å². The number of ether oxygens (including phenoxy) is 1. The van der Waals surface area contributed by atoms with E-state index in [2.05, 4.69) is 102 Å². The van der Waals surface area contributed by atoms with Gasteiger partial charge in [0.2, 0.25) is 0 Å². The van der Waals surface area contributed by atoms with Crippen molar-refractivity contribution in [3.8, 4) is 11.6 Å². The smallest absolute Gasteiger partial charge is 0.381 e. The summed E-state index contributed by atoms with van der Waals surface area (Å²) < 4.78 is 303. The van der Waals surface area contributed by atoms with Crippen LogP contribution in [0.15, 0.2) is 109 Å². The first-order chi connectivity index (χ1) is 34.6. The van der Waals surface area contributed by atoms with E-state index in [9.17, 15) is 52.7 Å². The lowest BCUT2D eigenvalue weighted by Gasteiger charge is -2.44. The minimum Gasteiger partial charge on any atom is -0.405 e. The molecule has 0 N–H and O–H groups in total. The molecule has 0 saturated carbocycles. The Bertz CT molecular complexity index is 3320. The molecule has 0 spiro atoms. The number of benzene rings is 8. The van der Waals surface area contributed by atoms with E-state index in [4.69, 9.17) is 4.74 Å². The molecule has 0 radical (unpaired) electrons. The van der Waals surface area contributed by atoms with Crippen molar-refractivity contribution >= 4 is 49.5 Å². The fourth-order valence-corrected chi connectivity index (χ4v) is 8.46. The van der Waals surface area contributed by atoms with Crippen molar-refractivity contribution in [2.24, 2.45) is 0 Å². The maximum atomic E-state index is 15.4. The Kier molecular flexibility index (Phi) is 13.7. The number of rotatable bonds is 8. The molecule has 8 aromatic carbocycles. The summed E-state index contributed by atoms with van der Waals surface area (Å²) in [6.45, 7) is 0.759. The molecule has 73 heavy (non-hydrogen) atoms. The highest BCUT2D eigenvalue weighted by Crippen LogP contribution is 2.32. The van der Waals surface area contributed by atoms with Gasteiger partial charge in [-0.2, -0.15) is 4.57 Å². The maximum Gasteiger partial charge on any atom is 0.381 e. The normalized spacial score (nSPS) is 11.6. The second kappa shape index (κ2) is 19.5. The van der Waals surface area contributed by atoms with E-state index in [1.54, 1.807) is 0 Å². The number of hydrogen-bond acceptors (Lipinski definition) is 1. The fourth-order valence-electron chi connectivity index (χ4n) is 8.46. The number of aromatic nitrogens is 1. The SMILES string of the molecule is Fc1c(F)c(F)c([B-](c2c(F)c(F)c(F)c(F)c2F)(c2c(F)c(F)c(F)c(F)c2F)c2c(F)c(F)c(F)c(F)c2F)c(F)c1F.c1ccc(C[n+]2ccc3ccccc3c2Oc2ccc3ccccc3c2)cc1. The Morgan fingerprint density at radius 1 is 0.315 bits per heavy atom. The van der Waals surface area contributed by atoms with E-state index in [1.807, 2.05) is 12.1 Å². The Hall–Kier alpha value is -8.11. The highest BCUT2D eigenvalue weighted by molar-refractivity contribution is 7.20. The van der Waals surface area contributed by atoms with Crippen LogP contribution in [0, 0.1) is 116 Å². The van der Waals surface area contributed by atoms with Crippen LogP contribution in [-0.2, 0) is 6.54 Å². The van der Waals surface area contributed by atoms with Gasteiger partial charge in [-0.1, -0.05) is 78.9 Å². The molecular weight excluding hydrogens is 1020 g/mol. The average Bonchev–Trinajstić information content (AvgIpc) is 3.39. The summed E-state index contributed by atoms with van der Waals surface area (Å²) in [7, 11) is 0. The second-order valence-electron chi connectivity index (χ2n) is 15.7. The summed E-state index contributed by atoms with van der Waals surface area (Å²) in [5, 5.41) is 4.66. The molecule has 0 atom stereocenters. The third-order valence-corrected chi connectivity index (χ3v) is 11.7. The predicted molar refractivity (Wildman–Crippen MR) is 223 cm³/mol. The van der Waals surface area contributed by atoms with E-state index >= 15 is 35.1 Å². The molecule has 2 nitrogen and oxygen atoms in total. The van der Waals surface area contributed by atoms with E-state index < -0.39 is 144 Å². The van der Waals surface area contributed by atoms with Gasteiger partial charge in [0.1, 0.15) is 58.4 Å². The minimum atomic E-state index is -7.22. The molecule has 0 fully saturated rings. The first kappa shape index (κ1) is 51.3. The molecule has 0 unspecified atom stereocenters. The lowest BCUT2D eigenvalue weighted by molar-refractivity contribution is -0.691. The van der Waals surface area contributed by atoms with Gasteiger partial charge in [-0.15, -0.1) is 21.9 Å². The Morgan fingerprint density at radius 3 is 1.04 bits per heavy atom. The number of fused-ring (bicyclic) bond motifs is 2. The highest BCUT2D eigenvalue weighted by atomic mass is 19.2. The monoisotopic (exact) mass is 1040 g/mol. The van der Waals surface area contributed by atoms with Crippen LogP contribution in [0.3, 0.4) is 0 Å². The molecule has 0 aliphatic heterocycles. The van der Waals surface area contributed by atoms with Crippen LogP contribution >= 0.6 is 0 Å². The lowest BCUT2D eigenvalue weighted by Crippen LogP contribution is -2.81. The van der Waals surface area contributed by atoms with Gasteiger partial charge in [-0.05, 0) is 34.4 Å². The third kappa shape index (κ3) is 8.28. The molecule has 1 aromatic heterocycles. The molecule has 0 aliphatic carbocycles. The Labute approximate surface area is 395 Å². The van der Waals surface area contributed by atoms with Gasteiger partial charge in [0.25, 0.3) is 0 Å². The van der Waals surface area contributed by atoms with Crippen LogP contribution in [-0.4, -0.2) is 6.15 Å². The summed E-state index contributed by atoms with van der Waals surface area (Å²) in [6.07, 6.45) is -5.11. The highest BCUT2D eigenvalue weighted by Gasteiger charge is 2.52. The van der Waals surface area contributed by atoms with Gasteiger partial charge >= 0.3 is 5.88 Å². The van der Waals surface area contributed by atoms with Crippen LogP contribution in [0.2, 0.25) is 0 Å². The Balaban J connectivity index is 0.000000216. The molecule has 1 heterocycles. The molecule has 0 aliphatic rings. The molecule has 23 heteroatoms. The van der Waals surface area contributed by atoms with Crippen LogP contribution in [0.4, 0.5) is 87.8 Å². The number of halogens is 20. The lowest BCUT2D eigenvalue weighted by atomic mass is 9.12. The zero-order valence-electron chi connectivity index (χ0n) is 35.6. The number of hydrogen-bond donors (Lipinski definition) is 0. The maximum absolute atomic E-state index is 15.4. The first-order valence-electron chi connectivity index (χ1n) is 20.4. The summed E-state index contributed by atoms with van der Waals surface area (Å²) >= 11 is 0. The van der Waals surface area contributed by atoms with Gasteiger partial charge in [-0.3, -0.25) is 0 Å². The van der Waals surface area contributed by atoms with Crippen LogP contribution in [0.5, 0.6) is 11.6 Å². The van der Waals surface area contributed by atoms with E-state index in [-0.39, 0.29) is 0 Å². The number of nitrogens with zero attached hydrogens (tertiary/aromatic N) is 1. The fraction of sp³-hybridized carbons (Fsp3) is 0.0200. The molecule has 0 saturated heterocycles. The summed E-state index contributed by atoms with van der Waals surface area (Å²) in [6, 6.07) is 35.6. The van der Waals surface area contributed by atoms with Crippen molar-refractivity contribution in [1.29, 1.82) is 0 Å². The first-order valence-corrected chi connectivity index (χ1v) is 20.4. The van der Waals surface area contributed by atoms with E-state index in [0.29, 0.717) is 0 Å². The summed E-state index contributed by atoms with van der Waals surface area (Å²) in [4.78, 5) is 0. The zero-order valence-corrected chi connectivity index (χ0v) is 35.6. The molecule has 374 valence electrons.